The number of fused-ring (bicyclic) bond motifs is 5. The van der Waals surface area contributed by atoms with Gasteiger partial charge in [-0.3, -0.25) is 9.59 Å². The molecule has 3 unspecified atom stereocenters. The molecule has 5 atom stereocenters. The van der Waals surface area contributed by atoms with Gasteiger partial charge in [-0.25, -0.2) is 0 Å². The number of allylic oxidation sites excluding steroid dienone is 1. The van der Waals surface area contributed by atoms with Crippen molar-refractivity contribution in [3.63, 3.8) is 0 Å². The number of carbonyl (C=O) groups excluding carboxylic acids is 2. The Morgan fingerprint density at radius 1 is 0.880 bits per heavy atom. The van der Waals surface area contributed by atoms with Gasteiger partial charge < -0.3 is 0 Å². The highest BCUT2D eigenvalue weighted by atomic mass is 19.4. The summed E-state index contributed by atoms with van der Waals surface area (Å²) < 4.78 is 40.7. The lowest BCUT2D eigenvalue weighted by atomic mass is 9.47. The minimum atomic E-state index is -4.55. The van der Waals surface area contributed by atoms with Crippen LogP contribution in [0.5, 0.6) is 0 Å². The SMILES string of the molecule is C[C@]12CCC(=O)C(C(F)(F)F)=C1CCC1C2CC[C@]2(C)C(=O)CCC12. The van der Waals surface area contributed by atoms with Crippen molar-refractivity contribution in [3.05, 3.63) is 11.1 Å². The van der Waals surface area contributed by atoms with Crippen LogP contribution in [0, 0.1) is 28.6 Å². The third-order valence-electron chi connectivity index (χ3n) is 8.12. The fourth-order valence-electron chi connectivity index (χ4n) is 6.82. The Morgan fingerprint density at radius 2 is 1.56 bits per heavy atom. The summed E-state index contributed by atoms with van der Waals surface area (Å²) >= 11 is 0. The van der Waals surface area contributed by atoms with Gasteiger partial charge in [-0.2, -0.15) is 13.2 Å². The second-order valence-corrected chi connectivity index (χ2v) is 9.03. The van der Waals surface area contributed by atoms with Crippen LogP contribution in [-0.2, 0) is 9.59 Å². The fourth-order valence-corrected chi connectivity index (χ4v) is 6.82. The number of Topliss-reactive ketones (excluding diaryl/α,β-unsaturated/α-hetero) is 2. The molecule has 0 aliphatic heterocycles. The first-order valence-electron chi connectivity index (χ1n) is 9.46. The van der Waals surface area contributed by atoms with Crippen molar-refractivity contribution in [2.45, 2.75) is 71.4 Å². The third kappa shape index (κ3) is 2.23. The summed E-state index contributed by atoms with van der Waals surface area (Å²) in [4.78, 5) is 24.4. The summed E-state index contributed by atoms with van der Waals surface area (Å²) in [6, 6.07) is 0. The Bertz CT molecular complexity index is 677. The molecule has 0 amide bonds. The molecule has 0 bridgehead atoms. The van der Waals surface area contributed by atoms with E-state index in [0.29, 0.717) is 48.9 Å². The van der Waals surface area contributed by atoms with Crippen LogP contribution in [0.1, 0.15) is 65.2 Å². The quantitative estimate of drug-likeness (QED) is 0.612. The van der Waals surface area contributed by atoms with Crippen molar-refractivity contribution in [1.82, 2.24) is 0 Å². The number of halogens is 3. The highest BCUT2D eigenvalue weighted by Crippen LogP contribution is 2.65. The lowest BCUT2D eigenvalue weighted by Crippen LogP contribution is -2.51. The van der Waals surface area contributed by atoms with Crippen molar-refractivity contribution in [3.8, 4) is 0 Å². The van der Waals surface area contributed by atoms with E-state index in [2.05, 4.69) is 6.92 Å². The van der Waals surface area contributed by atoms with E-state index < -0.39 is 22.9 Å². The van der Waals surface area contributed by atoms with Crippen molar-refractivity contribution in [2.75, 3.05) is 0 Å². The molecule has 2 nitrogen and oxygen atoms in total. The van der Waals surface area contributed by atoms with E-state index in [0.717, 1.165) is 19.3 Å². The van der Waals surface area contributed by atoms with Gasteiger partial charge in [0.2, 0.25) is 0 Å². The van der Waals surface area contributed by atoms with Crippen LogP contribution >= 0.6 is 0 Å². The zero-order valence-electron chi connectivity index (χ0n) is 14.8. The normalized spacial score (nSPS) is 44.4. The second kappa shape index (κ2) is 5.20. The molecule has 4 aliphatic carbocycles. The average Bonchev–Trinajstić information content (AvgIpc) is 2.82. The maximum absolute atomic E-state index is 13.6. The minimum absolute atomic E-state index is 0.00106. The molecule has 3 fully saturated rings. The van der Waals surface area contributed by atoms with E-state index in [9.17, 15) is 22.8 Å². The number of hydrogen-bond donors (Lipinski definition) is 0. The van der Waals surface area contributed by atoms with Gasteiger partial charge in [-0.1, -0.05) is 13.8 Å². The number of hydrogen-bond acceptors (Lipinski definition) is 2. The minimum Gasteiger partial charge on any atom is -0.299 e. The largest absolute Gasteiger partial charge is 0.419 e. The third-order valence-corrected chi connectivity index (χ3v) is 8.12. The Hall–Kier alpha value is -1.13. The van der Waals surface area contributed by atoms with Gasteiger partial charge in [-0.05, 0) is 67.3 Å². The van der Waals surface area contributed by atoms with Gasteiger partial charge in [0.05, 0.1) is 5.57 Å². The molecule has 4 aliphatic rings. The van der Waals surface area contributed by atoms with Gasteiger partial charge in [0.15, 0.2) is 5.78 Å². The topological polar surface area (TPSA) is 34.1 Å². The second-order valence-electron chi connectivity index (χ2n) is 9.03. The van der Waals surface area contributed by atoms with Gasteiger partial charge in [0.25, 0.3) is 0 Å². The number of ketones is 2. The lowest BCUT2D eigenvalue weighted by Gasteiger charge is -2.57. The van der Waals surface area contributed by atoms with E-state index in [1.165, 1.54) is 0 Å². The first kappa shape index (κ1) is 17.3. The molecule has 0 aromatic heterocycles. The van der Waals surface area contributed by atoms with Crippen molar-refractivity contribution >= 4 is 11.6 Å². The molecule has 138 valence electrons. The van der Waals surface area contributed by atoms with Crippen LogP contribution in [0.15, 0.2) is 11.1 Å². The molecule has 25 heavy (non-hydrogen) atoms. The first-order chi connectivity index (χ1) is 11.6. The first-order valence-corrected chi connectivity index (χ1v) is 9.46. The molecule has 0 aromatic carbocycles. The summed E-state index contributed by atoms with van der Waals surface area (Å²) in [5, 5.41) is 0. The molecule has 0 N–H and O–H groups in total. The van der Waals surface area contributed by atoms with Crippen LogP contribution < -0.4 is 0 Å². The van der Waals surface area contributed by atoms with Gasteiger partial charge in [0, 0.05) is 18.3 Å². The molecule has 5 heteroatoms. The predicted molar refractivity (Wildman–Crippen MR) is 86.7 cm³/mol. The van der Waals surface area contributed by atoms with Crippen LogP contribution in [0.4, 0.5) is 13.2 Å². The maximum atomic E-state index is 13.6. The molecule has 3 saturated carbocycles. The number of carbonyl (C=O) groups is 2. The van der Waals surface area contributed by atoms with E-state index in [1.807, 2.05) is 6.92 Å². The summed E-state index contributed by atoms with van der Waals surface area (Å²) in [6.45, 7) is 4.03. The van der Waals surface area contributed by atoms with Gasteiger partial charge in [-0.15, -0.1) is 0 Å². The van der Waals surface area contributed by atoms with Crippen molar-refractivity contribution < 1.29 is 22.8 Å². The smallest absolute Gasteiger partial charge is 0.299 e. The molecule has 0 saturated heterocycles. The van der Waals surface area contributed by atoms with Crippen LogP contribution in [0.25, 0.3) is 0 Å². The van der Waals surface area contributed by atoms with Crippen molar-refractivity contribution in [2.24, 2.45) is 28.6 Å². The zero-order chi connectivity index (χ0) is 18.2. The number of rotatable bonds is 0. The zero-order valence-corrected chi connectivity index (χ0v) is 14.8. The van der Waals surface area contributed by atoms with Gasteiger partial charge in [0.1, 0.15) is 5.78 Å². The maximum Gasteiger partial charge on any atom is 0.419 e. The highest BCUT2D eigenvalue weighted by molar-refractivity contribution is 5.98. The van der Waals surface area contributed by atoms with E-state index in [4.69, 9.17) is 0 Å². The predicted octanol–water partition coefficient (Wildman–Crippen LogP) is 5.02. The lowest BCUT2D eigenvalue weighted by molar-refractivity contribution is -0.136. The molecular formula is C20H25F3O2. The molecule has 0 radical (unpaired) electrons. The summed E-state index contributed by atoms with van der Waals surface area (Å²) in [7, 11) is 0. The van der Waals surface area contributed by atoms with E-state index >= 15 is 0 Å². The molecular weight excluding hydrogens is 329 g/mol. The van der Waals surface area contributed by atoms with Gasteiger partial charge >= 0.3 is 6.18 Å². The average molecular weight is 354 g/mol. The number of alkyl halides is 3. The highest BCUT2D eigenvalue weighted by Gasteiger charge is 2.61. The molecule has 0 heterocycles. The molecule has 0 spiro atoms. The molecule has 4 rings (SSSR count). The van der Waals surface area contributed by atoms with Crippen LogP contribution in [0.2, 0.25) is 0 Å². The molecule has 0 aromatic rings. The Balaban J connectivity index is 1.77. The fraction of sp³-hybridized carbons (Fsp3) is 0.800. The summed E-state index contributed by atoms with van der Waals surface area (Å²) in [5.41, 5.74) is -1.29. The van der Waals surface area contributed by atoms with E-state index in [1.54, 1.807) is 0 Å². The monoisotopic (exact) mass is 354 g/mol. The standard InChI is InChI=1S/C20H25F3O2/c1-18-10-8-15(24)17(20(21,22)23)14(18)4-3-11-12-5-6-16(25)19(12,2)9-7-13(11)18/h11-13H,3-10H2,1-2H3/t11?,12?,13?,18-,19+/m1/s1. The van der Waals surface area contributed by atoms with Crippen LogP contribution in [-0.4, -0.2) is 17.7 Å². The van der Waals surface area contributed by atoms with Crippen molar-refractivity contribution in [1.29, 1.82) is 0 Å². The van der Waals surface area contributed by atoms with Crippen LogP contribution in [0.3, 0.4) is 0 Å². The Labute approximate surface area is 146 Å². The summed E-state index contributed by atoms with van der Waals surface area (Å²) in [6.07, 6.45) is 0.131. The van der Waals surface area contributed by atoms with E-state index in [-0.39, 0.29) is 17.8 Å². The summed E-state index contributed by atoms with van der Waals surface area (Å²) in [5.74, 6) is 0.420. The Morgan fingerprint density at radius 3 is 2.24 bits per heavy atom. The Kier molecular flexibility index (Phi) is 3.60.